The highest BCUT2D eigenvalue weighted by molar-refractivity contribution is 5.64. The Hall–Kier alpha value is -3.70. The van der Waals surface area contributed by atoms with Gasteiger partial charge in [-0.3, -0.25) is 4.90 Å². The number of benzene rings is 2. The van der Waals surface area contributed by atoms with Gasteiger partial charge >= 0.3 is 0 Å². The third-order valence-electron chi connectivity index (χ3n) is 5.98. The Morgan fingerprint density at radius 3 is 2.27 bits per heavy atom. The Labute approximate surface area is 194 Å². The van der Waals surface area contributed by atoms with Crippen molar-refractivity contribution in [3.8, 4) is 6.07 Å². The van der Waals surface area contributed by atoms with Crippen LogP contribution in [-0.2, 0) is 6.54 Å². The lowest BCUT2D eigenvalue weighted by Gasteiger charge is -2.32. The van der Waals surface area contributed by atoms with Crippen LogP contribution in [0.2, 0.25) is 0 Å². The van der Waals surface area contributed by atoms with Crippen LogP contribution in [0.3, 0.4) is 0 Å². The van der Waals surface area contributed by atoms with Gasteiger partial charge in [-0.15, -0.1) is 0 Å². The molecule has 8 heteroatoms. The van der Waals surface area contributed by atoms with Gasteiger partial charge in [0.05, 0.1) is 11.6 Å². The lowest BCUT2D eigenvalue weighted by Crippen LogP contribution is -2.39. The number of aromatic nitrogens is 3. The van der Waals surface area contributed by atoms with Gasteiger partial charge in [-0.05, 0) is 62.4 Å². The van der Waals surface area contributed by atoms with Gasteiger partial charge in [-0.2, -0.15) is 20.2 Å². The first kappa shape index (κ1) is 22.5. The number of likely N-dealkylation sites (tertiary alicyclic amines) is 1. The highest BCUT2D eigenvalue weighted by atomic mass is 15.3. The van der Waals surface area contributed by atoms with Crippen LogP contribution in [0.5, 0.6) is 0 Å². The first-order chi connectivity index (χ1) is 15.9. The second kappa shape index (κ2) is 9.84. The Balaban J connectivity index is 1.36. The Bertz CT molecular complexity index is 1140. The molecule has 8 nitrogen and oxygen atoms in total. The standard InChI is InChI=1S/C25H30N8/c1-16-12-17(2)22(18(3)13-16)29-25-31-23(27)30-24(32-25)28-21-8-10-33(11-9-21)15-20-6-4-19(14-26)5-7-20/h4-7,12-13,21H,8-11,15H2,1-3H3,(H4,27,28,29,30,31,32). The summed E-state index contributed by atoms with van der Waals surface area (Å²) in [5.74, 6) is 1.13. The summed E-state index contributed by atoms with van der Waals surface area (Å²) >= 11 is 0. The maximum Gasteiger partial charge on any atom is 0.233 e. The van der Waals surface area contributed by atoms with Crippen molar-refractivity contribution in [3.05, 3.63) is 64.2 Å². The number of piperidine rings is 1. The van der Waals surface area contributed by atoms with E-state index in [2.05, 4.69) is 69.5 Å². The third-order valence-corrected chi connectivity index (χ3v) is 5.98. The number of aryl methyl sites for hydroxylation is 3. The predicted octanol–water partition coefficient (Wildman–Crippen LogP) is 4.07. The van der Waals surface area contributed by atoms with E-state index in [1.54, 1.807) is 0 Å². The summed E-state index contributed by atoms with van der Waals surface area (Å²) in [7, 11) is 0. The number of anilines is 4. The number of hydrogen-bond donors (Lipinski definition) is 3. The first-order valence-electron chi connectivity index (χ1n) is 11.2. The summed E-state index contributed by atoms with van der Waals surface area (Å²) in [6, 6.07) is 14.5. The molecule has 3 aromatic rings. The van der Waals surface area contributed by atoms with Crippen LogP contribution in [0.25, 0.3) is 0 Å². The number of nitrogens with zero attached hydrogens (tertiary/aromatic N) is 5. The van der Waals surface area contributed by atoms with E-state index in [0.29, 0.717) is 17.5 Å². The summed E-state index contributed by atoms with van der Waals surface area (Å²) < 4.78 is 0. The molecule has 2 heterocycles. The molecule has 1 fully saturated rings. The first-order valence-corrected chi connectivity index (χ1v) is 11.2. The molecule has 1 aliphatic heterocycles. The van der Waals surface area contributed by atoms with Gasteiger partial charge in [-0.25, -0.2) is 0 Å². The number of nitrogen functional groups attached to an aromatic ring is 1. The zero-order valence-corrected chi connectivity index (χ0v) is 19.4. The minimum Gasteiger partial charge on any atom is -0.368 e. The predicted molar refractivity (Wildman–Crippen MR) is 131 cm³/mol. The number of nitriles is 1. The largest absolute Gasteiger partial charge is 0.368 e. The second-order valence-electron chi connectivity index (χ2n) is 8.74. The van der Waals surface area contributed by atoms with Gasteiger partial charge in [0.1, 0.15) is 0 Å². The van der Waals surface area contributed by atoms with E-state index in [-0.39, 0.29) is 12.0 Å². The minimum atomic E-state index is 0.190. The van der Waals surface area contributed by atoms with E-state index in [9.17, 15) is 0 Å². The monoisotopic (exact) mass is 442 g/mol. The molecule has 0 radical (unpaired) electrons. The van der Waals surface area contributed by atoms with E-state index >= 15 is 0 Å². The molecule has 2 aromatic carbocycles. The van der Waals surface area contributed by atoms with Crippen LogP contribution in [0.15, 0.2) is 36.4 Å². The molecular weight excluding hydrogens is 412 g/mol. The molecule has 0 aliphatic carbocycles. The molecule has 1 aliphatic rings. The molecule has 4 rings (SSSR count). The van der Waals surface area contributed by atoms with E-state index in [1.165, 1.54) is 11.1 Å². The van der Waals surface area contributed by atoms with Crippen LogP contribution in [0.4, 0.5) is 23.5 Å². The van der Waals surface area contributed by atoms with E-state index in [4.69, 9.17) is 11.0 Å². The van der Waals surface area contributed by atoms with Crippen molar-refractivity contribution in [1.29, 1.82) is 5.26 Å². The van der Waals surface area contributed by atoms with Crippen LogP contribution in [0.1, 0.15) is 40.7 Å². The second-order valence-corrected chi connectivity index (χ2v) is 8.74. The van der Waals surface area contributed by atoms with Gasteiger partial charge in [0, 0.05) is 31.4 Å². The van der Waals surface area contributed by atoms with Crippen LogP contribution in [0, 0.1) is 32.1 Å². The van der Waals surface area contributed by atoms with Gasteiger partial charge < -0.3 is 16.4 Å². The van der Waals surface area contributed by atoms with Gasteiger partial charge in [-0.1, -0.05) is 29.8 Å². The van der Waals surface area contributed by atoms with Gasteiger partial charge in [0.2, 0.25) is 17.8 Å². The number of hydrogen-bond acceptors (Lipinski definition) is 8. The van der Waals surface area contributed by atoms with Crippen molar-refractivity contribution in [2.75, 3.05) is 29.5 Å². The summed E-state index contributed by atoms with van der Waals surface area (Å²) in [5.41, 5.74) is 12.4. The third kappa shape index (κ3) is 5.76. The highest BCUT2D eigenvalue weighted by Gasteiger charge is 2.20. The normalized spacial score (nSPS) is 14.6. The van der Waals surface area contributed by atoms with Crippen LogP contribution < -0.4 is 16.4 Å². The van der Waals surface area contributed by atoms with E-state index in [1.807, 2.05) is 24.3 Å². The van der Waals surface area contributed by atoms with Gasteiger partial charge in [0.25, 0.3) is 0 Å². The molecule has 0 spiro atoms. The molecule has 0 atom stereocenters. The van der Waals surface area contributed by atoms with Gasteiger partial charge in [0.15, 0.2) is 0 Å². The molecule has 33 heavy (non-hydrogen) atoms. The lowest BCUT2D eigenvalue weighted by atomic mass is 10.0. The highest BCUT2D eigenvalue weighted by Crippen LogP contribution is 2.25. The molecule has 0 amide bonds. The van der Waals surface area contributed by atoms with Crippen molar-refractivity contribution in [2.24, 2.45) is 0 Å². The summed E-state index contributed by atoms with van der Waals surface area (Å²) in [6.07, 6.45) is 1.97. The van der Waals surface area contributed by atoms with E-state index in [0.717, 1.165) is 49.3 Å². The fourth-order valence-electron chi connectivity index (χ4n) is 4.36. The summed E-state index contributed by atoms with van der Waals surface area (Å²) in [4.78, 5) is 15.6. The molecule has 0 saturated carbocycles. The fourth-order valence-corrected chi connectivity index (χ4v) is 4.36. The minimum absolute atomic E-state index is 0.190. The SMILES string of the molecule is Cc1cc(C)c(Nc2nc(N)nc(NC3CCN(Cc4ccc(C#N)cc4)CC3)n2)c(C)c1. The molecule has 4 N–H and O–H groups in total. The quantitative estimate of drug-likeness (QED) is 0.523. The molecule has 1 aromatic heterocycles. The number of nitrogens with one attached hydrogen (secondary N) is 2. The Morgan fingerprint density at radius 2 is 1.64 bits per heavy atom. The molecule has 170 valence electrons. The molecule has 0 unspecified atom stereocenters. The number of rotatable bonds is 6. The average Bonchev–Trinajstić information content (AvgIpc) is 2.78. The van der Waals surface area contributed by atoms with Crippen molar-refractivity contribution in [2.45, 2.75) is 46.2 Å². The summed E-state index contributed by atoms with van der Waals surface area (Å²) in [6.45, 7) is 9.06. The maximum absolute atomic E-state index is 8.95. The smallest absolute Gasteiger partial charge is 0.233 e. The Kier molecular flexibility index (Phi) is 6.71. The maximum atomic E-state index is 8.95. The van der Waals surface area contributed by atoms with Crippen LogP contribution in [-0.4, -0.2) is 39.0 Å². The van der Waals surface area contributed by atoms with Crippen molar-refractivity contribution in [3.63, 3.8) is 0 Å². The zero-order valence-electron chi connectivity index (χ0n) is 19.4. The molecular formula is C25H30N8. The fraction of sp³-hybridized carbons (Fsp3) is 0.360. The van der Waals surface area contributed by atoms with Crippen LogP contribution >= 0.6 is 0 Å². The lowest BCUT2D eigenvalue weighted by molar-refractivity contribution is 0.211. The average molecular weight is 443 g/mol. The molecule has 0 bridgehead atoms. The van der Waals surface area contributed by atoms with Crippen molar-refractivity contribution < 1.29 is 0 Å². The Morgan fingerprint density at radius 1 is 1.00 bits per heavy atom. The van der Waals surface area contributed by atoms with Crippen molar-refractivity contribution >= 4 is 23.5 Å². The zero-order chi connectivity index (χ0) is 23.4. The van der Waals surface area contributed by atoms with Crippen molar-refractivity contribution in [1.82, 2.24) is 19.9 Å². The number of nitrogens with two attached hydrogens (primary N) is 1. The molecule has 1 saturated heterocycles. The summed E-state index contributed by atoms with van der Waals surface area (Å²) in [5, 5.41) is 15.7. The topological polar surface area (TPSA) is 116 Å². The van der Waals surface area contributed by atoms with E-state index < -0.39 is 0 Å².